The van der Waals surface area contributed by atoms with Crippen molar-refractivity contribution >= 4 is 17.5 Å². The van der Waals surface area contributed by atoms with E-state index >= 15 is 0 Å². The minimum atomic E-state index is -0.441. The third-order valence-corrected chi connectivity index (χ3v) is 2.32. The van der Waals surface area contributed by atoms with Crippen LogP contribution in [0.5, 0.6) is 0 Å². The van der Waals surface area contributed by atoms with Crippen LogP contribution >= 0.6 is 0 Å². The normalized spacial score (nSPS) is 10.5. The summed E-state index contributed by atoms with van der Waals surface area (Å²) < 4.78 is 1.79. The lowest BCUT2D eigenvalue weighted by atomic mass is 10.3. The van der Waals surface area contributed by atoms with Gasteiger partial charge in [-0.05, 0) is 19.9 Å². The van der Waals surface area contributed by atoms with E-state index in [1.54, 1.807) is 16.8 Å². The van der Waals surface area contributed by atoms with E-state index in [1.807, 2.05) is 13.8 Å². The minimum absolute atomic E-state index is 0.129. The van der Waals surface area contributed by atoms with Crippen molar-refractivity contribution in [3.8, 4) is 0 Å². The first-order chi connectivity index (χ1) is 7.91. The third kappa shape index (κ3) is 3.51. The van der Waals surface area contributed by atoms with Gasteiger partial charge in [-0.1, -0.05) is 0 Å². The zero-order valence-corrected chi connectivity index (χ0v) is 10.1. The first-order valence-corrected chi connectivity index (χ1v) is 5.45. The molecule has 0 atom stereocenters. The largest absolute Gasteiger partial charge is 0.397 e. The first kappa shape index (κ1) is 13.1. The van der Waals surface area contributed by atoms with Crippen molar-refractivity contribution in [3.05, 3.63) is 18.0 Å². The molecule has 0 fully saturated rings. The van der Waals surface area contributed by atoms with Crippen LogP contribution in [0.3, 0.4) is 0 Å². The second-order valence-corrected chi connectivity index (χ2v) is 4.13. The molecular weight excluding hydrogens is 220 g/mol. The van der Waals surface area contributed by atoms with Gasteiger partial charge in [-0.15, -0.1) is 0 Å². The smallest absolute Gasteiger partial charge is 0.268 e. The number of nitrogens with one attached hydrogen (secondary N) is 1. The minimum Gasteiger partial charge on any atom is -0.397 e. The van der Waals surface area contributed by atoms with Gasteiger partial charge in [0.25, 0.3) is 5.91 Å². The molecule has 0 bridgehead atoms. The number of rotatable bonds is 5. The van der Waals surface area contributed by atoms with Crippen LogP contribution in [0.4, 0.5) is 5.69 Å². The Kier molecular flexibility index (Phi) is 4.14. The van der Waals surface area contributed by atoms with Gasteiger partial charge in [0.15, 0.2) is 0 Å². The quantitative estimate of drug-likeness (QED) is 0.685. The summed E-state index contributed by atoms with van der Waals surface area (Å²) in [5.41, 5.74) is 11.7. The summed E-state index contributed by atoms with van der Waals surface area (Å²) in [5.74, 6) is -0.694. The Balaban J connectivity index is 2.71. The molecule has 0 aliphatic carbocycles. The van der Waals surface area contributed by atoms with Gasteiger partial charge in [-0.3, -0.25) is 9.59 Å². The number of nitrogens with zero attached hydrogens (tertiary/aromatic N) is 1. The molecule has 0 aliphatic heterocycles. The number of hydrogen-bond donors (Lipinski definition) is 3. The Morgan fingerprint density at radius 3 is 2.65 bits per heavy atom. The van der Waals surface area contributed by atoms with Gasteiger partial charge in [0.2, 0.25) is 5.91 Å². The number of hydrogen-bond acceptors (Lipinski definition) is 3. The van der Waals surface area contributed by atoms with Gasteiger partial charge < -0.3 is 21.4 Å². The molecule has 0 spiro atoms. The third-order valence-electron chi connectivity index (χ3n) is 2.32. The van der Waals surface area contributed by atoms with Crippen molar-refractivity contribution in [2.75, 3.05) is 12.3 Å². The van der Waals surface area contributed by atoms with Gasteiger partial charge in [-0.25, -0.2) is 0 Å². The average Bonchev–Trinajstić information content (AvgIpc) is 2.59. The van der Waals surface area contributed by atoms with Gasteiger partial charge in [0.1, 0.15) is 5.69 Å². The molecule has 5 N–H and O–H groups in total. The fourth-order valence-electron chi connectivity index (χ4n) is 1.50. The fourth-order valence-corrected chi connectivity index (χ4v) is 1.50. The lowest BCUT2D eigenvalue weighted by Crippen LogP contribution is -2.29. The van der Waals surface area contributed by atoms with Crippen LogP contribution in [0, 0.1) is 0 Å². The fraction of sp³-hybridized carbons (Fsp3) is 0.455. The second kappa shape index (κ2) is 5.38. The number of carbonyl (C=O) groups is 2. The highest BCUT2D eigenvalue weighted by atomic mass is 16.2. The SMILES string of the molecule is CC(C)n1cc(N)cc1C(=O)NCCC(N)=O. The number of anilines is 1. The molecule has 1 heterocycles. The van der Waals surface area contributed by atoms with Crippen LogP contribution in [0.2, 0.25) is 0 Å². The maximum atomic E-state index is 11.8. The van der Waals surface area contributed by atoms with Crippen molar-refractivity contribution in [3.63, 3.8) is 0 Å². The van der Waals surface area contributed by atoms with Gasteiger partial charge >= 0.3 is 0 Å². The van der Waals surface area contributed by atoms with Crippen LogP contribution in [-0.2, 0) is 4.79 Å². The van der Waals surface area contributed by atoms with Crippen LogP contribution < -0.4 is 16.8 Å². The van der Waals surface area contributed by atoms with Crippen LogP contribution in [-0.4, -0.2) is 22.9 Å². The molecule has 0 saturated heterocycles. The lowest BCUT2D eigenvalue weighted by Gasteiger charge is -2.12. The van der Waals surface area contributed by atoms with Gasteiger partial charge in [0.05, 0.1) is 5.69 Å². The number of nitrogens with two attached hydrogens (primary N) is 2. The number of carbonyl (C=O) groups excluding carboxylic acids is 2. The molecule has 0 aliphatic rings. The maximum Gasteiger partial charge on any atom is 0.268 e. The molecule has 1 rings (SSSR count). The summed E-state index contributed by atoms with van der Waals surface area (Å²) in [6.07, 6.45) is 1.84. The Labute approximate surface area is 100.0 Å². The van der Waals surface area contributed by atoms with Crippen molar-refractivity contribution < 1.29 is 9.59 Å². The van der Waals surface area contributed by atoms with Gasteiger partial charge in [0, 0.05) is 25.2 Å². The lowest BCUT2D eigenvalue weighted by molar-refractivity contribution is -0.117. The van der Waals surface area contributed by atoms with Crippen molar-refractivity contribution in [2.45, 2.75) is 26.3 Å². The van der Waals surface area contributed by atoms with Crippen molar-refractivity contribution in [1.82, 2.24) is 9.88 Å². The van der Waals surface area contributed by atoms with Gasteiger partial charge in [-0.2, -0.15) is 0 Å². The van der Waals surface area contributed by atoms with Crippen LogP contribution in [0.1, 0.15) is 36.8 Å². The van der Waals surface area contributed by atoms with E-state index in [4.69, 9.17) is 11.5 Å². The number of aromatic nitrogens is 1. The monoisotopic (exact) mass is 238 g/mol. The molecule has 1 aromatic rings. The molecule has 0 saturated carbocycles. The van der Waals surface area contributed by atoms with Crippen LogP contribution in [0.25, 0.3) is 0 Å². The number of primary amides is 1. The highest BCUT2D eigenvalue weighted by Crippen LogP contribution is 2.16. The molecule has 0 radical (unpaired) electrons. The molecular formula is C11H18N4O2. The van der Waals surface area contributed by atoms with E-state index in [-0.39, 0.29) is 24.9 Å². The Morgan fingerprint density at radius 2 is 2.12 bits per heavy atom. The average molecular weight is 238 g/mol. The number of amides is 2. The molecule has 2 amide bonds. The van der Waals surface area contributed by atoms with Crippen molar-refractivity contribution in [1.29, 1.82) is 0 Å². The van der Waals surface area contributed by atoms with E-state index in [1.165, 1.54) is 0 Å². The molecule has 0 unspecified atom stereocenters. The van der Waals surface area contributed by atoms with Crippen LogP contribution in [0.15, 0.2) is 12.3 Å². The Hall–Kier alpha value is -1.98. The summed E-state index contributed by atoms with van der Waals surface area (Å²) >= 11 is 0. The topological polar surface area (TPSA) is 103 Å². The molecule has 6 heteroatoms. The highest BCUT2D eigenvalue weighted by molar-refractivity contribution is 5.94. The first-order valence-electron chi connectivity index (χ1n) is 5.45. The summed E-state index contributed by atoms with van der Waals surface area (Å²) in [5, 5.41) is 2.62. The summed E-state index contributed by atoms with van der Waals surface area (Å²) in [4.78, 5) is 22.4. The Bertz CT molecular complexity index is 423. The molecule has 6 nitrogen and oxygen atoms in total. The van der Waals surface area contributed by atoms with Crippen molar-refractivity contribution in [2.24, 2.45) is 5.73 Å². The molecule has 94 valence electrons. The predicted molar refractivity (Wildman–Crippen MR) is 65.4 cm³/mol. The predicted octanol–water partition coefficient (Wildman–Crippen LogP) is 0.256. The molecule has 0 aromatic carbocycles. The Morgan fingerprint density at radius 1 is 1.47 bits per heavy atom. The van der Waals surface area contributed by atoms with E-state index in [2.05, 4.69) is 5.32 Å². The maximum absolute atomic E-state index is 11.8. The summed E-state index contributed by atoms with van der Waals surface area (Å²) in [7, 11) is 0. The zero-order valence-electron chi connectivity index (χ0n) is 10.1. The number of nitrogen functional groups attached to an aromatic ring is 1. The highest BCUT2D eigenvalue weighted by Gasteiger charge is 2.14. The van der Waals surface area contributed by atoms with E-state index in [0.29, 0.717) is 11.4 Å². The van der Waals surface area contributed by atoms with E-state index in [9.17, 15) is 9.59 Å². The summed E-state index contributed by atoms with van der Waals surface area (Å²) in [6.45, 7) is 4.15. The summed E-state index contributed by atoms with van der Waals surface area (Å²) in [6, 6.07) is 1.75. The second-order valence-electron chi connectivity index (χ2n) is 4.13. The van der Waals surface area contributed by atoms with E-state index in [0.717, 1.165) is 0 Å². The zero-order chi connectivity index (χ0) is 13.0. The van der Waals surface area contributed by atoms with E-state index < -0.39 is 5.91 Å². The standard InChI is InChI=1S/C11H18N4O2/c1-7(2)15-6-8(12)5-9(15)11(17)14-4-3-10(13)16/h5-7H,3-4,12H2,1-2H3,(H2,13,16)(H,14,17). The molecule has 17 heavy (non-hydrogen) atoms. The molecule has 1 aromatic heterocycles.